The van der Waals surface area contributed by atoms with Gasteiger partial charge >= 0.3 is 0 Å². The number of rotatable bonds is 3. The number of likely N-dealkylation sites (N-methyl/N-ethyl adjacent to an activating group) is 1. The predicted molar refractivity (Wildman–Crippen MR) is 51.5 cm³/mol. The Hall–Kier alpha value is -1.42. The van der Waals surface area contributed by atoms with Crippen LogP contribution >= 0.6 is 0 Å². The number of aromatic amines is 1. The van der Waals surface area contributed by atoms with Gasteiger partial charge in [0.2, 0.25) is 0 Å². The number of hydrogen-bond acceptors (Lipinski definition) is 3. The molecule has 0 amide bonds. The molecular weight excluding hydrogens is 164 g/mol. The van der Waals surface area contributed by atoms with Gasteiger partial charge in [-0.25, -0.2) is 0 Å². The Morgan fingerprint density at radius 1 is 1.54 bits per heavy atom. The van der Waals surface area contributed by atoms with Gasteiger partial charge in [0.15, 0.2) is 0 Å². The highest BCUT2D eigenvalue weighted by Crippen LogP contribution is 2.13. The molecule has 2 heterocycles. The Morgan fingerprint density at radius 3 is 3.31 bits per heavy atom. The molecule has 13 heavy (non-hydrogen) atoms. The summed E-state index contributed by atoms with van der Waals surface area (Å²) < 4.78 is 0. The van der Waals surface area contributed by atoms with E-state index in [2.05, 4.69) is 20.5 Å². The lowest BCUT2D eigenvalue weighted by Gasteiger charge is -1.96. The van der Waals surface area contributed by atoms with Crippen LogP contribution in [0.1, 0.15) is 5.69 Å². The van der Waals surface area contributed by atoms with E-state index < -0.39 is 0 Å². The lowest BCUT2D eigenvalue weighted by atomic mass is 10.2. The Morgan fingerprint density at radius 2 is 2.46 bits per heavy atom. The molecule has 0 saturated carbocycles. The summed E-state index contributed by atoms with van der Waals surface area (Å²) in [5, 5.41) is 11.4. The lowest BCUT2D eigenvalue weighted by Crippen LogP contribution is -2.10. The van der Waals surface area contributed by atoms with E-state index in [1.165, 1.54) is 0 Å². The summed E-state index contributed by atoms with van der Waals surface area (Å²) in [5.74, 6) is 0. The van der Waals surface area contributed by atoms with E-state index in [1.54, 1.807) is 6.20 Å². The van der Waals surface area contributed by atoms with Crippen molar-refractivity contribution in [3.8, 4) is 0 Å². The van der Waals surface area contributed by atoms with Crippen LogP contribution in [0.15, 0.2) is 18.5 Å². The van der Waals surface area contributed by atoms with Gasteiger partial charge in [-0.1, -0.05) is 0 Å². The second-order valence-electron chi connectivity index (χ2n) is 2.95. The van der Waals surface area contributed by atoms with E-state index in [0.717, 1.165) is 29.6 Å². The summed E-state index contributed by atoms with van der Waals surface area (Å²) >= 11 is 0. The van der Waals surface area contributed by atoms with Crippen molar-refractivity contribution in [2.75, 3.05) is 13.6 Å². The number of hydrogen-bond donors (Lipinski definition) is 2. The third kappa shape index (κ3) is 1.53. The normalized spacial score (nSPS) is 10.8. The molecule has 0 spiro atoms. The van der Waals surface area contributed by atoms with Crippen molar-refractivity contribution in [1.82, 2.24) is 20.5 Å². The molecule has 4 nitrogen and oxygen atoms in total. The van der Waals surface area contributed by atoms with Gasteiger partial charge in [0.05, 0.1) is 5.52 Å². The zero-order valence-corrected chi connectivity index (χ0v) is 7.54. The molecule has 2 rings (SSSR count). The SMILES string of the molecule is CNCCc1[nH]nc2ccncc12. The fourth-order valence-corrected chi connectivity index (χ4v) is 1.35. The molecule has 0 aliphatic carbocycles. The van der Waals surface area contributed by atoms with Crippen molar-refractivity contribution < 1.29 is 0 Å². The molecule has 0 atom stereocenters. The predicted octanol–water partition coefficient (Wildman–Crippen LogP) is 0.720. The molecule has 0 saturated heterocycles. The number of nitrogens with one attached hydrogen (secondary N) is 2. The van der Waals surface area contributed by atoms with Gasteiger partial charge in [-0.05, 0) is 13.1 Å². The molecule has 0 radical (unpaired) electrons. The van der Waals surface area contributed by atoms with Gasteiger partial charge in [0.1, 0.15) is 0 Å². The van der Waals surface area contributed by atoms with E-state index in [-0.39, 0.29) is 0 Å². The monoisotopic (exact) mass is 176 g/mol. The van der Waals surface area contributed by atoms with Crippen molar-refractivity contribution in [2.24, 2.45) is 0 Å². The molecule has 0 aliphatic rings. The molecule has 4 heteroatoms. The van der Waals surface area contributed by atoms with E-state index in [9.17, 15) is 0 Å². The fourth-order valence-electron chi connectivity index (χ4n) is 1.35. The van der Waals surface area contributed by atoms with Crippen molar-refractivity contribution in [3.63, 3.8) is 0 Å². The standard InChI is InChI=1S/C9H12N4/c1-10-4-2-8-7-6-11-5-3-9(7)13-12-8/h3,5-6,10H,2,4H2,1H3,(H,12,13). The molecule has 0 fully saturated rings. The van der Waals surface area contributed by atoms with Crippen LogP contribution in [0.4, 0.5) is 0 Å². The minimum atomic E-state index is 0.951. The zero-order valence-electron chi connectivity index (χ0n) is 7.54. The quantitative estimate of drug-likeness (QED) is 0.724. The molecule has 0 aromatic carbocycles. The summed E-state index contributed by atoms with van der Waals surface area (Å²) in [4.78, 5) is 4.07. The highest BCUT2D eigenvalue weighted by molar-refractivity contribution is 5.79. The molecule has 0 unspecified atom stereocenters. The zero-order chi connectivity index (χ0) is 9.10. The van der Waals surface area contributed by atoms with Crippen LogP contribution in [0.2, 0.25) is 0 Å². The number of nitrogens with zero attached hydrogens (tertiary/aromatic N) is 2. The molecule has 2 aromatic rings. The topological polar surface area (TPSA) is 53.6 Å². The van der Waals surface area contributed by atoms with E-state index >= 15 is 0 Å². The van der Waals surface area contributed by atoms with Crippen LogP contribution in [0, 0.1) is 0 Å². The minimum absolute atomic E-state index is 0.951. The first kappa shape index (κ1) is 8.19. The summed E-state index contributed by atoms with van der Waals surface area (Å²) in [6.45, 7) is 0.951. The maximum absolute atomic E-state index is 4.18. The van der Waals surface area contributed by atoms with E-state index in [1.807, 2.05) is 19.3 Å². The van der Waals surface area contributed by atoms with Gasteiger partial charge in [-0.15, -0.1) is 0 Å². The first-order chi connectivity index (χ1) is 6.42. The molecule has 0 bridgehead atoms. The average molecular weight is 176 g/mol. The van der Waals surface area contributed by atoms with Gasteiger partial charge in [0.25, 0.3) is 0 Å². The van der Waals surface area contributed by atoms with Crippen LogP contribution < -0.4 is 5.32 Å². The van der Waals surface area contributed by atoms with Crippen molar-refractivity contribution >= 4 is 10.9 Å². The van der Waals surface area contributed by atoms with Crippen LogP contribution in [0.5, 0.6) is 0 Å². The summed E-state index contributed by atoms with van der Waals surface area (Å²) in [6, 6.07) is 1.91. The molecule has 2 aromatic heterocycles. The minimum Gasteiger partial charge on any atom is -0.319 e. The van der Waals surface area contributed by atoms with Gasteiger partial charge in [-0.2, -0.15) is 5.10 Å². The Balaban J connectivity index is 2.35. The number of H-pyrrole nitrogens is 1. The van der Waals surface area contributed by atoms with Crippen molar-refractivity contribution in [3.05, 3.63) is 24.2 Å². The van der Waals surface area contributed by atoms with Crippen LogP contribution in [0.25, 0.3) is 10.9 Å². The van der Waals surface area contributed by atoms with Crippen LogP contribution in [-0.2, 0) is 6.42 Å². The molecule has 2 N–H and O–H groups in total. The Labute approximate surface area is 76.4 Å². The Bertz CT molecular complexity index is 393. The highest BCUT2D eigenvalue weighted by atomic mass is 15.1. The second-order valence-corrected chi connectivity index (χ2v) is 2.95. The first-order valence-corrected chi connectivity index (χ1v) is 4.33. The number of pyridine rings is 1. The smallest absolute Gasteiger partial charge is 0.0954 e. The van der Waals surface area contributed by atoms with Gasteiger partial charge < -0.3 is 5.32 Å². The number of fused-ring (bicyclic) bond motifs is 1. The third-order valence-corrected chi connectivity index (χ3v) is 2.06. The summed E-state index contributed by atoms with van der Waals surface area (Å²) in [5.41, 5.74) is 2.14. The largest absolute Gasteiger partial charge is 0.319 e. The molecule has 0 aliphatic heterocycles. The van der Waals surface area contributed by atoms with Crippen LogP contribution in [-0.4, -0.2) is 28.8 Å². The molecular formula is C9H12N4. The third-order valence-electron chi connectivity index (χ3n) is 2.06. The first-order valence-electron chi connectivity index (χ1n) is 4.33. The summed E-state index contributed by atoms with van der Waals surface area (Å²) in [6.07, 6.45) is 4.56. The van der Waals surface area contributed by atoms with Gasteiger partial charge in [0, 0.05) is 36.4 Å². The van der Waals surface area contributed by atoms with Crippen LogP contribution in [0.3, 0.4) is 0 Å². The second kappa shape index (κ2) is 3.53. The fraction of sp³-hybridized carbons (Fsp3) is 0.333. The highest BCUT2D eigenvalue weighted by Gasteiger charge is 2.02. The summed E-state index contributed by atoms with van der Waals surface area (Å²) in [7, 11) is 1.94. The Kier molecular flexibility index (Phi) is 2.23. The maximum atomic E-state index is 4.18. The average Bonchev–Trinajstić information content (AvgIpc) is 2.58. The lowest BCUT2D eigenvalue weighted by molar-refractivity contribution is 0.775. The van der Waals surface area contributed by atoms with Gasteiger partial charge in [-0.3, -0.25) is 10.1 Å². The number of aromatic nitrogens is 3. The molecule has 68 valence electrons. The van der Waals surface area contributed by atoms with Crippen molar-refractivity contribution in [2.45, 2.75) is 6.42 Å². The maximum Gasteiger partial charge on any atom is 0.0954 e. The van der Waals surface area contributed by atoms with E-state index in [4.69, 9.17) is 0 Å². The van der Waals surface area contributed by atoms with Crippen molar-refractivity contribution in [1.29, 1.82) is 0 Å². The van der Waals surface area contributed by atoms with E-state index in [0.29, 0.717) is 0 Å².